The first-order chi connectivity index (χ1) is 17.1. The molecule has 0 amide bonds. The number of hydrogen-bond donors (Lipinski definition) is 0. The van der Waals surface area contributed by atoms with E-state index in [4.69, 9.17) is 13.0 Å². The van der Waals surface area contributed by atoms with Gasteiger partial charge < -0.3 is 8.85 Å². The molecule has 5 nitrogen and oxygen atoms in total. The van der Waals surface area contributed by atoms with Gasteiger partial charge >= 0.3 is 0 Å². The average molecular weight is 585 g/mol. The summed E-state index contributed by atoms with van der Waals surface area (Å²) in [5.41, 5.74) is 0.902. The highest BCUT2D eigenvalue weighted by Gasteiger charge is 2.54. The fraction of sp³-hybridized carbons (Fsp3) is 0.867. The molecular weight excluding hydrogens is 529 g/mol. The smallest absolute Gasteiger partial charge is 0.264 e. The van der Waals surface area contributed by atoms with Crippen molar-refractivity contribution >= 4 is 26.8 Å². The Morgan fingerprint density at radius 1 is 0.947 bits per heavy atom. The van der Waals surface area contributed by atoms with Crippen molar-refractivity contribution in [2.24, 2.45) is 23.7 Å². The minimum absolute atomic E-state index is 0.0537. The van der Waals surface area contributed by atoms with Gasteiger partial charge in [-0.25, -0.2) is 0 Å². The van der Waals surface area contributed by atoms with Gasteiger partial charge in [-0.15, -0.1) is 0 Å². The Hall–Kier alpha value is -0.256. The van der Waals surface area contributed by atoms with E-state index in [0.29, 0.717) is 5.92 Å². The van der Waals surface area contributed by atoms with Crippen molar-refractivity contribution in [2.45, 2.75) is 135 Å². The molecule has 0 aromatic rings. The van der Waals surface area contributed by atoms with Gasteiger partial charge in [0.25, 0.3) is 10.1 Å². The van der Waals surface area contributed by atoms with Gasteiger partial charge in [-0.05, 0) is 85.3 Å². The molecule has 0 saturated heterocycles. The van der Waals surface area contributed by atoms with E-state index in [0.717, 1.165) is 24.7 Å². The summed E-state index contributed by atoms with van der Waals surface area (Å²) < 4.78 is 43.9. The molecule has 0 radical (unpaired) electrons. The highest BCUT2D eigenvalue weighted by atomic mass is 32.2. The van der Waals surface area contributed by atoms with E-state index < -0.39 is 32.9 Å². The lowest BCUT2D eigenvalue weighted by Crippen LogP contribution is -2.45. The van der Waals surface area contributed by atoms with Crippen LogP contribution in [0.25, 0.3) is 0 Å². The summed E-state index contributed by atoms with van der Waals surface area (Å²) in [6, 6.07) is 0. The van der Waals surface area contributed by atoms with Gasteiger partial charge in [0.2, 0.25) is 0 Å². The van der Waals surface area contributed by atoms with Crippen molar-refractivity contribution in [3.63, 3.8) is 0 Å². The van der Waals surface area contributed by atoms with E-state index in [1.165, 1.54) is 25.7 Å². The Kier molecular flexibility index (Phi) is 9.51. The van der Waals surface area contributed by atoms with E-state index in [1.807, 2.05) is 0 Å². The van der Waals surface area contributed by atoms with E-state index in [9.17, 15) is 8.42 Å². The molecule has 38 heavy (non-hydrogen) atoms. The highest BCUT2D eigenvalue weighted by Crippen LogP contribution is 2.54. The first-order valence-electron chi connectivity index (χ1n) is 14.7. The SMILES string of the molecule is C=C1C[C@@H]2[C@H](/C=C/[C@@H](O[Si](C)(C)C(C)(C)C)C3CCCC3)[C@H](O[Si](C)(C)C(C)(C)C)C[C@@H]2C1OS(C)(=O)=O. The maximum Gasteiger partial charge on any atom is 0.264 e. The topological polar surface area (TPSA) is 61.8 Å². The van der Waals surface area contributed by atoms with Gasteiger partial charge in [0.05, 0.1) is 18.5 Å². The molecule has 1 unspecified atom stereocenters. The van der Waals surface area contributed by atoms with Gasteiger partial charge in [-0.2, -0.15) is 8.42 Å². The zero-order valence-corrected chi connectivity index (χ0v) is 28.9. The van der Waals surface area contributed by atoms with Crippen molar-refractivity contribution in [1.29, 1.82) is 0 Å². The predicted octanol–water partition coefficient (Wildman–Crippen LogP) is 8.07. The molecule has 3 aliphatic carbocycles. The lowest BCUT2D eigenvalue weighted by atomic mass is 9.89. The quantitative estimate of drug-likeness (QED) is 0.156. The molecule has 0 heterocycles. The first kappa shape index (κ1) is 32.3. The molecule has 8 heteroatoms. The maximum absolute atomic E-state index is 12.1. The molecule has 3 rings (SSSR count). The van der Waals surface area contributed by atoms with Gasteiger partial charge in [0.1, 0.15) is 6.10 Å². The van der Waals surface area contributed by atoms with Crippen molar-refractivity contribution in [3.8, 4) is 0 Å². The molecule has 3 aliphatic rings. The fourth-order valence-corrected chi connectivity index (χ4v) is 9.45. The summed E-state index contributed by atoms with van der Waals surface area (Å²) >= 11 is 0. The normalized spacial score (nSPS) is 30.9. The second-order valence-electron chi connectivity index (χ2n) is 15.4. The third kappa shape index (κ3) is 7.33. The number of fused-ring (bicyclic) bond motifs is 1. The van der Waals surface area contributed by atoms with Crippen molar-refractivity contribution < 1.29 is 21.5 Å². The monoisotopic (exact) mass is 584 g/mol. The highest BCUT2D eigenvalue weighted by molar-refractivity contribution is 7.86. The van der Waals surface area contributed by atoms with Crippen molar-refractivity contribution in [3.05, 3.63) is 24.3 Å². The Morgan fingerprint density at radius 2 is 1.50 bits per heavy atom. The van der Waals surface area contributed by atoms with E-state index in [2.05, 4.69) is 86.5 Å². The molecule has 0 aromatic heterocycles. The van der Waals surface area contributed by atoms with Crippen LogP contribution in [-0.4, -0.2) is 49.6 Å². The van der Waals surface area contributed by atoms with Crippen LogP contribution in [0, 0.1) is 23.7 Å². The molecule has 0 aromatic carbocycles. The summed E-state index contributed by atoms with van der Waals surface area (Å²) in [6.45, 7) is 27.3. The average Bonchev–Trinajstić information content (AvgIpc) is 3.42. The molecule has 0 spiro atoms. The lowest BCUT2D eigenvalue weighted by Gasteiger charge is -2.41. The lowest BCUT2D eigenvalue weighted by molar-refractivity contribution is 0.137. The Labute approximate surface area is 236 Å². The maximum atomic E-state index is 12.1. The van der Waals surface area contributed by atoms with Crippen LogP contribution in [0.4, 0.5) is 0 Å². The second-order valence-corrected chi connectivity index (χ2v) is 26.5. The minimum Gasteiger partial charge on any atom is -0.413 e. The number of rotatable bonds is 9. The molecule has 220 valence electrons. The van der Waals surface area contributed by atoms with Crippen LogP contribution < -0.4 is 0 Å². The fourth-order valence-electron chi connectivity index (χ4n) is 6.13. The molecule has 0 aliphatic heterocycles. The van der Waals surface area contributed by atoms with E-state index in [1.54, 1.807) is 0 Å². The summed E-state index contributed by atoms with van der Waals surface area (Å²) in [7, 11) is -7.54. The van der Waals surface area contributed by atoms with Crippen LogP contribution in [0.5, 0.6) is 0 Å². The van der Waals surface area contributed by atoms with E-state index >= 15 is 0 Å². The van der Waals surface area contributed by atoms with Crippen LogP contribution in [0.1, 0.15) is 80.1 Å². The Morgan fingerprint density at radius 3 is 2.00 bits per heavy atom. The summed E-state index contributed by atoms with van der Waals surface area (Å²) in [6.07, 6.45) is 12.3. The summed E-state index contributed by atoms with van der Waals surface area (Å²) in [5, 5.41) is 0.257. The molecule has 6 atom stereocenters. The van der Waals surface area contributed by atoms with Crippen LogP contribution in [0.15, 0.2) is 24.3 Å². The largest absolute Gasteiger partial charge is 0.413 e. The third-order valence-corrected chi connectivity index (χ3v) is 20.0. The van der Waals surface area contributed by atoms with E-state index in [-0.39, 0.29) is 40.0 Å². The predicted molar refractivity (Wildman–Crippen MR) is 164 cm³/mol. The Balaban J connectivity index is 1.94. The molecule has 3 saturated carbocycles. The third-order valence-electron chi connectivity index (χ3n) is 10.4. The first-order valence-corrected chi connectivity index (χ1v) is 22.4. The number of hydrogen-bond acceptors (Lipinski definition) is 5. The van der Waals surface area contributed by atoms with Gasteiger partial charge in [0, 0.05) is 5.92 Å². The van der Waals surface area contributed by atoms with Crippen LogP contribution in [-0.2, 0) is 23.2 Å². The zero-order valence-electron chi connectivity index (χ0n) is 26.1. The van der Waals surface area contributed by atoms with Gasteiger partial charge in [0.15, 0.2) is 16.6 Å². The van der Waals surface area contributed by atoms with Crippen LogP contribution in [0.2, 0.25) is 36.3 Å². The molecule has 0 N–H and O–H groups in total. The molecule has 3 fully saturated rings. The second kappa shape index (κ2) is 11.2. The zero-order chi connectivity index (χ0) is 28.9. The van der Waals surface area contributed by atoms with Gasteiger partial charge in [-0.3, -0.25) is 4.18 Å². The molecular formula is C30H56O5SSi2. The standard InChI is InChI=1S/C30H56O5SSi2/c1-21-19-24-23(17-18-26(22-15-13-14-16-22)34-37(9,10)29(2,3)4)27(35-38(11,12)30(5,6)7)20-25(24)28(21)33-36(8,31)32/h17-18,22-28H,1,13-16,19-20H2,2-12H3/b18-17+/t23-,24+,25-,26+,27+,28?/m0/s1. The van der Waals surface area contributed by atoms with Crippen LogP contribution in [0.3, 0.4) is 0 Å². The molecule has 0 bridgehead atoms. The van der Waals surface area contributed by atoms with Crippen molar-refractivity contribution in [1.82, 2.24) is 0 Å². The summed E-state index contributed by atoms with van der Waals surface area (Å²) in [5.74, 6) is 1.15. The van der Waals surface area contributed by atoms with Crippen molar-refractivity contribution in [2.75, 3.05) is 6.26 Å². The minimum atomic E-state index is -3.57. The van der Waals surface area contributed by atoms with Crippen LogP contribution >= 0.6 is 0 Å². The summed E-state index contributed by atoms with van der Waals surface area (Å²) in [4.78, 5) is 0. The van der Waals surface area contributed by atoms with Gasteiger partial charge in [-0.1, -0.05) is 73.1 Å². The Bertz CT molecular complexity index is 983.